The molecule has 1 heterocycles. The molecule has 1 aliphatic rings. The number of nitrogens with zero attached hydrogens (tertiary/aromatic N) is 2. The fourth-order valence-corrected chi connectivity index (χ4v) is 3.28. The number of halogens is 1. The van der Waals surface area contributed by atoms with E-state index < -0.39 is 0 Å². The van der Waals surface area contributed by atoms with Crippen molar-refractivity contribution in [1.29, 1.82) is 0 Å². The van der Waals surface area contributed by atoms with Crippen molar-refractivity contribution in [3.63, 3.8) is 0 Å². The lowest BCUT2D eigenvalue weighted by Gasteiger charge is -2.36. The summed E-state index contributed by atoms with van der Waals surface area (Å²) in [5.74, 6) is 1.00. The number of hydrogen-bond donors (Lipinski definition) is 0. The molecule has 0 aromatic heterocycles. The van der Waals surface area contributed by atoms with Crippen molar-refractivity contribution in [2.24, 2.45) is 0 Å². The molecule has 0 atom stereocenters. The van der Waals surface area contributed by atoms with Crippen LogP contribution < -0.4 is 9.64 Å². The molecule has 1 fully saturated rings. The number of para-hydroxylation sites is 2. The summed E-state index contributed by atoms with van der Waals surface area (Å²) in [5.41, 5.74) is 2.41. The summed E-state index contributed by atoms with van der Waals surface area (Å²) in [4.78, 5) is 4.85. The zero-order valence-electron chi connectivity index (χ0n) is 13.5. The second kappa shape index (κ2) is 7.71. The first-order chi connectivity index (χ1) is 11.3. The monoisotopic (exact) mass is 330 g/mol. The van der Waals surface area contributed by atoms with Gasteiger partial charge in [0.15, 0.2) is 0 Å². The third-order valence-corrected chi connectivity index (χ3v) is 4.55. The number of hydrogen-bond acceptors (Lipinski definition) is 3. The van der Waals surface area contributed by atoms with Crippen LogP contribution in [0.5, 0.6) is 5.75 Å². The molecule has 23 heavy (non-hydrogen) atoms. The summed E-state index contributed by atoms with van der Waals surface area (Å²) in [7, 11) is 0. The molecule has 0 N–H and O–H groups in total. The van der Waals surface area contributed by atoms with Gasteiger partial charge in [-0.2, -0.15) is 0 Å². The fourth-order valence-electron chi connectivity index (χ4n) is 3.03. The quantitative estimate of drug-likeness (QED) is 0.822. The summed E-state index contributed by atoms with van der Waals surface area (Å²) < 4.78 is 5.73. The van der Waals surface area contributed by atoms with E-state index >= 15 is 0 Å². The van der Waals surface area contributed by atoms with E-state index in [2.05, 4.69) is 34.1 Å². The van der Waals surface area contributed by atoms with Gasteiger partial charge in [-0.05, 0) is 25.1 Å². The minimum atomic E-state index is 0.706. The molecule has 1 saturated heterocycles. The first-order valence-corrected chi connectivity index (χ1v) is 8.58. The molecule has 0 aliphatic carbocycles. The maximum atomic E-state index is 6.31. The molecule has 0 bridgehead atoms. The van der Waals surface area contributed by atoms with Crippen molar-refractivity contribution in [2.75, 3.05) is 37.7 Å². The van der Waals surface area contributed by atoms with E-state index in [1.54, 1.807) is 0 Å². The predicted molar refractivity (Wildman–Crippen MR) is 96.6 cm³/mol. The molecular formula is C19H23ClN2O. The lowest BCUT2D eigenvalue weighted by molar-refractivity contribution is 0.243. The maximum absolute atomic E-state index is 6.31. The molecular weight excluding hydrogens is 308 g/mol. The van der Waals surface area contributed by atoms with Crippen LogP contribution in [0.1, 0.15) is 12.5 Å². The first-order valence-electron chi connectivity index (χ1n) is 8.20. The molecule has 0 amide bonds. The van der Waals surface area contributed by atoms with Crippen LogP contribution in [0.3, 0.4) is 0 Å². The summed E-state index contributed by atoms with van der Waals surface area (Å²) in [6, 6.07) is 16.4. The van der Waals surface area contributed by atoms with Gasteiger partial charge in [0.25, 0.3) is 0 Å². The summed E-state index contributed by atoms with van der Waals surface area (Å²) in [6.07, 6.45) is 0. The molecule has 2 aromatic rings. The van der Waals surface area contributed by atoms with Gasteiger partial charge in [-0.3, -0.25) is 4.90 Å². The predicted octanol–water partition coefficient (Wildman–Crippen LogP) is 4.06. The van der Waals surface area contributed by atoms with Crippen LogP contribution in [0.15, 0.2) is 48.5 Å². The number of piperazine rings is 1. The van der Waals surface area contributed by atoms with Gasteiger partial charge >= 0.3 is 0 Å². The highest BCUT2D eigenvalue weighted by atomic mass is 35.5. The van der Waals surface area contributed by atoms with Gasteiger partial charge < -0.3 is 9.64 Å². The Hall–Kier alpha value is -1.71. The van der Waals surface area contributed by atoms with Crippen molar-refractivity contribution >= 4 is 17.3 Å². The van der Waals surface area contributed by atoms with E-state index in [-0.39, 0.29) is 0 Å². The largest absolute Gasteiger partial charge is 0.494 e. The lowest BCUT2D eigenvalue weighted by atomic mass is 10.1. The van der Waals surface area contributed by atoms with Crippen molar-refractivity contribution in [3.8, 4) is 5.75 Å². The van der Waals surface area contributed by atoms with Gasteiger partial charge in [-0.25, -0.2) is 0 Å². The Morgan fingerprint density at radius 1 is 0.957 bits per heavy atom. The highest BCUT2D eigenvalue weighted by molar-refractivity contribution is 6.33. The molecule has 2 aromatic carbocycles. The average molecular weight is 331 g/mol. The van der Waals surface area contributed by atoms with Gasteiger partial charge in [0.1, 0.15) is 5.75 Å². The highest BCUT2D eigenvalue weighted by Crippen LogP contribution is 2.27. The molecule has 0 unspecified atom stereocenters. The second-order valence-corrected chi connectivity index (χ2v) is 6.16. The van der Waals surface area contributed by atoms with E-state index in [0.717, 1.165) is 49.2 Å². The Kier molecular flexibility index (Phi) is 5.42. The first kappa shape index (κ1) is 16.2. The van der Waals surface area contributed by atoms with Crippen LogP contribution in [-0.2, 0) is 6.54 Å². The maximum Gasteiger partial charge on any atom is 0.123 e. The molecule has 3 nitrogen and oxygen atoms in total. The van der Waals surface area contributed by atoms with E-state index in [4.69, 9.17) is 16.3 Å². The minimum Gasteiger partial charge on any atom is -0.494 e. The smallest absolute Gasteiger partial charge is 0.123 e. The molecule has 4 heteroatoms. The van der Waals surface area contributed by atoms with Crippen LogP contribution in [0, 0.1) is 0 Å². The Bertz CT molecular complexity index is 639. The summed E-state index contributed by atoms with van der Waals surface area (Å²) >= 11 is 6.31. The van der Waals surface area contributed by atoms with Crippen LogP contribution in [-0.4, -0.2) is 37.7 Å². The van der Waals surface area contributed by atoms with Crippen molar-refractivity contribution in [2.45, 2.75) is 13.5 Å². The van der Waals surface area contributed by atoms with Gasteiger partial charge in [-0.1, -0.05) is 41.9 Å². The Labute approximate surface area is 143 Å². The zero-order chi connectivity index (χ0) is 16.1. The Morgan fingerprint density at radius 3 is 2.39 bits per heavy atom. The normalized spacial score (nSPS) is 15.7. The van der Waals surface area contributed by atoms with Crippen LogP contribution >= 0.6 is 11.6 Å². The molecule has 3 rings (SSSR count). The summed E-state index contributed by atoms with van der Waals surface area (Å²) in [5, 5.41) is 0.836. The Balaban J connectivity index is 1.61. The van der Waals surface area contributed by atoms with Crippen LogP contribution in [0.4, 0.5) is 5.69 Å². The van der Waals surface area contributed by atoms with E-state index in [9.17, 15) is 0 Å². The molecule has 0 saturated carbocycles. The van der Waals surface area contributed by atoms with Crippen molar-refractivity contribution < 1.29 is 4.74 Å². The highest BCUT2D eigenvalue weighted by Gasteiger charge is 2.19. The second-order valence-electron chi connectivity index (χ2n) is 5.76. The minimum absolute atomic E-state index is 0.706. The number of rotatable bonds is 5. The third-order valence-electron chi connectivity index (χ3n) is 4.23. The van der Waals surface area contributed by atoms with Crippen LogP contribution in [0.25, 0.3) is 0 Å². The van der Waals surface area contributed by atoms with Crippen molar-refractivity contribution in [3.05, 3.63) is 59.1 Å². The van der Waals surface area contributed by atoms with Gasteiger partial charge in [0.05, 0.1) is 17.3 Å². The van der Waals surface area contributed by atoms with Gasteiger partial charge in [-0.15, -0.1) is 0 Å². The van der Waals surface area contributed by atoms with Crippen molar-refractivity contribution in [1.82, 2.24) is 4.90 Å². The fraction of sp³-hybridized carbons (Fsp3) is 0.368. The topological polar surface area (TPSA) is 15.7 Å². The lowest BCUT2D eigenvalue weighted by Crippen LogP contribution is -2.46. The van der Waals surface area contributed by atoms with E-state index in [0.29, 0.717) is 6.61 Å². The standard InChI is InChI=1S/C19H23ClN2O/c1-2-23-19-10-6-3-7-16(19)15-21-11-13-22(14-12-21)18-9-5-4-8-17(18)20/h3-10H,2,11-15H2,1H3. The molecule has 1 aliphatic heterocycles. The molecule has 0 spiro atoms. The third kappa shape index (κ3) is 3.98. The van der Waals surface area contributed by atoms with E-state index in [1.807, 2.05) is 31.2 Å². The number of ether oxygens (including phenoxy) is 1. The average Bonchev–Trinajstić information content (AvgIpc) is 2.58. The number of benzene rings is 2. The number of anilines is 1. The SMILES string of the molecule is CCOc1ccccc1CN1CCN(c2ccccc2Cl)CC1. The zero-order valence-corrected chi connectivity index (χ0v) is 14.3. The summed E-state index contributed by atoms with van der Waals surface area (Å²) in [6.45, 7) is 7.74. The molecule has 0 radical (unpaired) electrons. The van der Waals surface area contributed by atoms with E-state index in [1.165, 1.54) is 5.56 Å². The van der Waals surface area contributed by atoms with Gasteiger partial charge in [0, 0.05) is 38.3 Å². The Morgan fingerprint density at radius 2 is 1.65 bits per heavy atom. The van der Waals surface area contributed by atoms with Crippen LogP contribution in [0.2, 0.25) is 5.02 Å². The molecule has 122 valence electrons. The van der Waals surface area contributed by atoms with Gasteiger partial charge in [0.2, 0.25) is 0 Å².